The molecule has 1 saturated heterocycles. The van der Waals surface area contributed by atoms with Crippen molar-refractivity contribution in [1.29, 1.82) is 0 Å². The number of hydrogen-bond donors (Lipinski definition) is 0. The smallest absolute Gasteiger partial charge is 0.338 e. The van der Waals surface area contributed by atoms with Crippen molar-refractivity contribution in [2.24, 2.45) is 0 Å². The van der Waals surface area contributed by atoms with Gasteiger partial charge in [0.05, 0.1) is 25.4 Å². The third-order valence-electron chi connectivity index (χ3n) is 1.88. The van der Waals surface area contributed by atoms with Crippen molar-refractivity contribution in [3.8, 4) is 0 Å². The molecular weight excluding hydrogens is 212 g/mol. The number of carbonyl (C=O) groups is 1. The van der Waals surface area contributed by atoms with Crippen molar-refractivity contribution in [1.82, 2.24) is 0 Å². The molecule has 5 nitrogen and oxygen atoms in total. The molecule has 0 bridgehead atoms. The second-order valence-electron chi connectivity index (χ2n) is 3.30. The summed E-state index contributed by atoms with van der Waals surface area (Å²) in [6, 6.07) is 0. The lowest BCUT2D eigenvalue weighted by atomic mass is 10.3. The first-order valence-corrected chi connectivity index (χ1v) is 5.09. The number of esters is 1. The Hall–Kier alpha value is -1.17. The second kappa shape index (κ2) is 7.16. The number of rotatable bonds is 6. The topological polar surface area (TPSA) is 54.0 Å². The summed E-state index contributed by atoms with van der Waals surface area (Å²) in [5.74, 6) is -0.528. The average Bonchev–Trinajstić information content (AvgIpc) is 2.30. The monoisotopic (exact) mass is 228 g/mol. The highest BCUT2D eigenvalue weighted by Crippen LogP contribution is 2.13. The lowest BCUT2D eigenvalue weighted by Crippen LogP contribution is -2.27. The summed E-state index contributed by atoms with van der Waals surface area (Å²) in [6.45, 7) is 8.07. The van der Waals surface area contributed by atoms with Crippen LogP contribution in [0.5, 0.6) is 0 Å². The molecule has 0 aromatic heterocycles. The third-order valence-corrected chi connectivity index (χ3v) is 1.88. The van der Waals surface area contributed by atoms with Crippen LogP contribution in [0.3, 0.4) is 0 Å². The van der Waals surface area contributed by atoms with Crippen LogP contribution >= 0.6 is 0 Å². The molecule has 16 heavy (non-hydrogen) atoms. The first-order valence-electron chi connectivity index (χ1n) is 5.09. The summed E-state index contributed by atoms with van der Waals surface area (Å²) in [7, 11) is 0. The molecule has 0 spiro atoms. The van der Waals surface area contributed by atoms with Gasteiger partial charge in [-0.1, -0.05) is 12.7 Å². The molecule has 1 fully saturated rings. The minimum Gasteiger partial charge on any atom is -0.429 e. The van der Waals surface area contributed by atoms with E-state index < -0.39 is 12.3 Å². The highest BCUT2D eigenvalue weighted by Gasteiger charge is 2.20. The van der Waals surface area contributed by atoms with Crippen LogP contribution in [0.15, 0.2) is 24.8 Å². The van der Waals surface area contributed by atoms with Crippen molar-refractivity contribution in [3.63, 3.8) is 0 Å². The van der Waals surface area contributed by atoms with E-state index >= 15 is 0 Å². The van der Waals surface area contributed by atoms with E-state index in [9.17, 15) is 4.79 Å². The lowest BCUT2D eigenvalue weighted by molar-refractivity contribution is -0.389. The predicted molar refractivity (Wildman–Crippen MR) is 56.3 cm³/mol. The normalized spacial score (nSPS) is 20.1. The quantitative estimate of drug-likeness (QED) is 0.226. The van der Waals surface area contributed by atoms with Crippen LogP contribution in [0.25, 0.3) is 0 Å². The van der Waals surface area contributed by atoms with Gasteiger partial charge in [-0.2, -0.15) is 4.89 Å². The first-order chi connectivity index (χ1) is 7.74. The molecule has 1 aliphatic rings. The van der Waals surface area contributed by atoms with Crippen molar-refractivity contribution in [2.75, 3.05) is 19.8 Å². The minimum absolute atomic E-state index is 0.123. The summed E-state index contributed by atoms with van der Waals surface area (Å²) >= 11 is 0. The van der Waals surface area contributed by atoms with E-state index in [4.69, 9.17) is 19.2 Å². The molecule has 5 heteroatoms. The Morgan fingerprint density at radius 3 is 3.00 bits per heavy atom. The van der Waals surface area contributed by atoms with E-state index in [0.29, 0.717) is 19.6 Å². The van der Waals surface area contributed by atoms with Crippen molar-refractivity contribution < 1.29 is 24.0 Å². The Kier molecular flexibility index (Phi) is 5.77. The zero-order valence-corrected chi connectivity index (χ0v) is 9.15. The molecular formula is C11H16O5. The Morgan fingerprint density at radius 1 is 1.56 bits per heavy atom. The van der Waals surface area contributed by atoms with E-state index in [1.807, 2.05) is 0 Å². The van der Waals surface area contributed by atoms with E-state index in [1.165, 1.54) is 0 Å². The number of ether oxygens (including phenoxy) is 2. The molecule has 0 amide bonds. The lowest BCUT2D eigenvalue weighted by Gasteiger charge is -2.21. The fourth-order valence-corrected chi connectivity index (χ4v) is 1.09. The molecule has 0 aromatic rings. The SMILES string of the molecule is C=CCOCC(=C)C(=O)OC1CCCOO1. The van der Waals surface area contributed by atoms with Crippen molar-refractivity contribution >= 4 is 5.97 Å². The van der Waals surface area contributed by atoms with Crippen molar-refractivity contribution in [2.45, 2.75) is 19.1 Å². The fourth-order valence-electron chi connectivity index (χ4n) is 1.09. The average molecular weight is 228 g/mol. The van der Waals surface area contributed by atoms with Gasteiger partial charge < -0.3 is 9.47 Å². The predicted octanol–water partition coefficient (Wildman–Crippen LogP) is 1.36. The molecule has 1 unspecified atom stereocenters. The van der Waals surface area contributed by atoms with Crippen LogP contribution in [0.4, 0.5) is 0 Å². The summed E-state index contributed by atoms with van der Waals surface area (Å²) in [5.41, 5.74) is 0.246. The Morgan fingerprint density at radius 2 is 2.38 bits per heavy atom. The zero-order valence-electron chi connectivity index (χ0n) is 9.15. The van der Waals surface area contributed by atoms with Gasteiger partial charge in [0.1, 0.15) is 0 Å². The zero-order chi connectivity index (χ0) is 11.8. The standard InChI is InChI=1S/C11H16O5/c1-3-6-13-8-9(2)11(12)15-10-5-4-7-14-16-10/h3,10H,1-2,4-8H2. The van der Waals surface area contributed by atoms with Gasteiger partial charge in [0.15, 0.2) is 0 Å². The van der Waals surface area contributed by atoms with Gasteiger partial charge in [-0.3, -0.25) is 0 Å². The van der Waals surface area contributed by atoms with Crippen LogP contribution in [0.2, 0.25) is 0 Å². The molecule has 90 valence electrons. The number of hydrogen-bond acceptors (Lipinski definition) is 5. The molecule has 0 aromatic carbocycles. The van der Waals surface area contributed by atoms with Gasteiger partial charge >= 0.3 is 5.97 Å². The van der Waals surface area contributed by atoms with Gasteiger partial charge in [-0.25, -0.2) is 9.68 Å². The second-order valence-corrected chi connectivity index (χ2v) is 3.30. The Bertz CT molecular complexity index is 255. The fraction of sp³-hybridized carbons (Fsp3) is 0.545. The molecule has 1 rings (SSSR count). The van der Waals surface area contributed by atoms with Crippen LogP contribution in [0, 0.1) is 0 Å². The van der Waals surface area contributed by atoms with Crippen LogP contribution in [-0.2, 0) is 24.0 Å². The van der Waals surface area contributed by atoms with Gasteiger partial charge in [-0.15, -0.1) is 6.58 Å². The van der Waals surface area contributed by atoms with Crippen LogP contribution < -0.4 is 0 Å². The largest absolute Gasteiger partial charge is 0.429 e. The summed E-state index contributed by atoms with van der Waals surface area (Å²) in [6.07, 6.45) is 2.39. The Labute approximate surface area is 94.5 Å². The maximum Gasteiger partial charge on any atom is 0.338 e. The molecule has 0 aliphatic carbocycles. The maximum absolute atomic E-state index is 11.4. The van der Waals surface area contributed by atoms with Crippen LogP contribution in [0.1, 0.15) is 12.8 Å². The van der Waals surface area contributed by atoms with Gasteiger partial charge in [0.25, 0.3) is 0 Å². The van der Waals surface area contributed by atoms with Gasteiger partial charge in [0, 0.05) is 6.42 Å². The summed E-state index contributed by atoms with van der Waals surface area (Å²) < 4.78 is 10.1. The highest BCUT2D eigenvalue weighted by molar-refractivity contribution is 5.88. The highest BCUT2D eigenvalue weighted by atomic mass is 17.2. The molecule has 0 N–H and O–H groups in total. The van der Waals surface area contributed by atoms with Crippen molar-refractivity contribution in [3.05, 3.63) is 24.8 Å². The summed E-state index contributed by atoms with van der Waals surface area (Å²) in [4.78, 5) is 20.9. The molecule has 1 atom stereocenters. The Balaban J connectivity index is 2.22. The molecule has 0 saturated carbocycles. The number of carbonyl (C=O) groups excluding carboxylic acids is 1. The summed E-state index contributed by atoms with van der Waals surface area (Å²) in [5, 5.41) is 0. The van der Waals surface area contributed by atoms with E-state index in [0.717, 1.165) is 6.42 Å². The van der Waals surface area contributed by atoms with Crippen LogP contribution in [-0.4, -0.2) is 32.1 Å². The molecule has 1 heterocycles. The minimum atomic E-state index is -0.641. The van der Waals surface area contributed by atoms with Gasteiger partial charge in [0.2, 0.25) is 6.29 Å². The molecule has 0 radical (unpaired) electrons. The maximum atomic E-state index is 11.4. The van der Waals surface area contributed by atoms with E-state index in [-0.39, 0.29) is 12.2 Å². The molecule has 1 aliphatic heterocycles. The van der Waals surface area contributed by atoms with E-state index in [2.05, 4.69) is 13.2 Å². The third kappa shape index (κ3) is 4.57. The van der Waals surface area contributed by atoms with E-state index in [1.54, 1.807) is 6.08 Å². The van der Waals surface area contributed by atoms with Gasteiger partial charge in [-0.05, 0) is 6.42 Å². The first kappa shape index (κ1) is 12.9.